The standard InChI is InChI=1S/C12H11FN4O2/c13-8-5-16-12(14)17-11(8)15-4-7-1-2-9-10(3-7)19-6-18-9/h1-3,5H,4,6H2,(H3,14,15,16,17). The molecular formula is C12H11FN4O2. The van der Waals surface area contributed by atoms with Crippen molar-refractivity contribution >= 4 is 11.8 Å². The third-order valence-electron chi connectivity index (χ3n) is 2.66. The monoisotopic (exact) mass is 262 g/mol. The van der Waals surface area contributed by atoms with Crippen LogP contribution in [0.4, 0.5) is 16.2 Å². The molecule has 0 bridgehead atoms. The van der Waals surface area contributed by atoms with E-state index in [4.69, 9.17) is 15.2 Å². The number of anilines is 2. The molecule has 19 heavy (non-hydrogen) atoms. The maximum Gasteiger partial charge on any atom is 0.231 e. The molecule has 3 rings (SSSR count). The molecule has 0 unspecified atom stereocenters. The van der Waals surface area contributed by atoms with E-state index in [0.29, 0.717) is 18.0 Å². The molecule has 0 fully saturated rings. The lowest BCUT2D eigenvalue weighted by molar-refractivity contribution is 0.174. The third kappa shape index (κ3) is 2.35. The van der Waals surface area contributed by atoms with Crippen molar-refractivity contribution in [3.8, 4) is 11.5 Å². The Morgan fingerprint density at radius 1 is 1.32 bits per heavy atom. The van der Waals surface area contributed by atoms with E-state index >= 15 is 0 Å². The largest absolute Gasteiger partial charge is 0.454 e. The maximum atomic E-state index is 13.4. The first-order valence-electron chi connectivity index (χ1n) is 5.63. The van der Waals surface area contributed by atoms with Gasteiger partial charge in [-0.05, 0) is 17.7 Å². The van der Waals surface area contributed by atoms with Crippen molar-refractivity contribution in [2.24, 2.45) is 0 Å². The van der Waals surface area contributed by atoms with Crippen molar-refractivity contribution in [1.29, 1.82) is 0 Å². The van der Waals surface area contributed by atoms with Gasteiger partial charge >= 0.3 is 0 Å². The Balaban J connectivity index is 1.74. The molecule has 7 heteroatoms. The number of halogens is 1. The molecule has 3 N–H and O–H groups in total. The quantitative estimate of drug-likeness (QED) is 0.873. The number of fused-ring (bicyclic) bond motifs is 1. The fourth-order valence-corrected chi connectivity index (χ4v) is 1.74. The molecule has 0 atom stereocenters. The topological polar surface area (TPSA) is 82.3 Å². The van der Waals surface area contributed by atoms with Crippen LogP contribution in [-0.4, -0.2) is 16.8 Å². The molecule has 1 aromatic heterocycles. The van der Waals surface area contributed by atoms with Gasteiger partial charge in [0.25, 0.3) is 0 Å². The van der Waals surface area contributed by atoms with Gasteiger partial charge in [0, 0.05) is 6.54 Å². The van der Waals surface area contributed by atoms with Crippen LogP contribution < -0.4 is 20.5 Å². The van der Waals surface area contributed by atoms with Gasteiger partial charge in [-0.2, -0.15) is 4.98 Å². The predicted octanol–water partition coefficient (Wildman–Crippen LogP) is 1.54. The molecule has 0 spiro atoms. The molecule has 0 radical (unpaired) electrons. The lowest BCUT2D eigenvalue weighted by atomic mass is 10.2. The van der Waals surface area contributed by atoms with E-state index in [1.165, 1.54) is 0 Å². The van der Waals surface area contributed by atoms with Crippen LogP contribution in [0.5, 0.6) is 11.5 Å². The summed E-state index contributed by atoms with van der Waals surface area (Å²) in [7, 11) is 0. The molecule has 2 heterocycles. The second kappa shape index (κ2) is 4.60. The van der Waals surface area contributed by atoms with Gasteiger partial charge in [-0.15, -0.1) is 0 Å². The fourth-order valence-electron chi connectivity index (χ4n) is 1.74. The maximum absolute atomic E-state index is 13.4. The van der Waals surface area contributed by atoms with Crippen LogP contribution in [-0.2, 0) is 6.54 Å². The van der Waals surface area contributed by atoms with E-state index < -0.39 is 5.82 Å². The predicted molar refractivity (Wildman–Crippen MR) is 66.3 cm³/mol. The summed E-state index contributed by atoms with van der Waals surface area (Å²) in [6.07, 6.45) is 1.03. The number of nitrogens with one attached hydrogen (secondary N) is 1. The minimum atomic E-state index is -0.546. The fraction of sp³-hybridized carbons (Fsp3) is 0.167. The molecular weight excluding hydrogens is 251 g/mol. The van der Waals surface area contributed by atoms with Gasteiger partial charge in [0.1, 0.15) is 0 Å². The van der Waals surface area contributed by atoms with Crippen LogP contribution in [0.1, 0.15) is 5.56 Å². The van der Waals surface area contributed by atoms with Crippen molar-refractivity contribution in [3.63, 3.8) is 0 Å². The number of nitrogens with two attached hydrogens (primary N) is 1. The van der Waals surface area contributed by atoms with Crippen molar-refractivity contribution in [2.45, 2.75) is 6.54 Å². The highest BCUT2D eigenvalue weighted by Crippen LogP contribution is 2.32. The average Bonchev–Trinajstić information content (AvgIpc) is 2.87. The first kappa shape index (κ1) is 11.5. The van der Waals surface area contributed by atoms with Crippen molar-refractivity contribution in [3.05, 3.63) is 35.8 Å². The molecule has 0 saturated heterocycles. The Morgan fingerprint density at radius 3 is 3.05 bits per heavy atom. The summed E-state index contributed by atoms with van der Waals surface area (Å²) < 4.78 is 23.9. The number of ether oxygens (including phenoxy) is 2. The van der Waals surface area contributed by atoms with Gasteiger partial charge in [0.05, 0.1) is 6.20 Å². The number of benzene rings is 1. The van der Waals surface area contributed by atoms with Gasteiger partial charge in [-0.1, -0.05) is 6.07 Å². The Labute approximate surface area is 108 Å². The minimum Gasteiger partial charge on any atom is -0.454 e. The molecule has 0 aliphatic carbocycles. The van der Waals surface area contributed by atoms with E-state index in [9.17, 15) is 4.39 Å². The average molecular weight is 262 g/mol. The van der Waals surface area contributed by atoms with Gasteiger partial charge in [0.15, 0.2) is 23.1 Å². The first-order chi connectivity index (χ1) is 9.22. The normalized spacial score (nSPS) is 12.5. The number of hydrogen-bond donors (Lipinski definition) is 2. The summed E-state index contributed by atoms with van der Waals surface area (Å²) in [5, 5.41) is 2.86. The Hall–Kier alpha value is -2.57. The summed E-state index contributed by atoms with van der Waals surface area (Å²) in [6, 6.07) is 5.50. The van der Waals surface area contributed by atoms with Crippen molar-refractivity contribution < 1.29 is 13.9 Å². The van der Waals surface area contributed by atoms with Gasteiger partial charge in [-0.25, -0.2) is 9.37 Å². The summed E-state index contributed by atoms with van der Waals surface area (Å²) >= 11 is 0. The van der Waals surface area contributed by atoms with Crippen LogP contribution in [0.2, 0.25) is 0 Å². The number of hydrogen-bond acceptors (Lipinski definition) is 6. The highest BCUT2D eigenvalue weighted by molar-refractivity contribution is 5.46. The van der Waals surface area contributed by atoms with Crippen molar-refractivity contribution in [2.75, 3.05) is 17.8 Å². The third-order valence-corrected chi connectivity index (χ3v) is 2.66. The Bertz CT molecular complexity index is 621. The molecule has 6 nitrogen and oxygen atoms in total. The molecule has 2 aromatic rings. The Kier molecular flexibility index (Phi) is 2.79. The second-order valence-corrected chi connectivity index (χ2v) is 3.97. The number of nitrogen functional groups attached to an aromatic ring is 1. The van der Waals surface area contributed by atoms with Crippen LogP contribution in [0.3, 0.4) is 0 Å². The second-order valence-electron chi connectivity index (χ2n) is 3.97. The highest BCUT2D eigenvalue weighted by atomic mass is 19.1. The SMILES string of the molecule is Nc1ncc(F)c(NCc2ccc3c(c2)OCO3)n1. The smallest absolute Gasteiger partial charge is 0.231 e. The van der Waals surface area contributed by atoms with E-state index in [-0.39, 0.29) is 18.6 Å². The van der Waals surface area contributed by atoms with Gasteiger partial charge in [0.2, 0.25) is 12.7 Å². The summed E-state index contributed by atoms with van der Waals surface area (Å²) in [5.41, 5.74) is 6.32. The Morgan fingerprint density at radius 2 is 2.16 bits per heavy atom. The lowest BCUT2D eigenvalue weighted by Gasteiger charge is -2.07. The number of aromatic nitrogens is 2. The first-order valence-corrected chi connectivity index (χ1v) is 5.63. The summed E-state index contributed by atoms with van der Waals surface area (Å²) in [4.78, 5) is 7.34. The molecule has 0 amide bonds. The molecule has 1 aliphatic rings. The molecule has 1 aromatic carbocycles. The van der Waals surface area contributed by atoms with E-state index in [2.05, 4.69) is 15.3 Å². The van der Waals surface area contributed by atoms with Crippen LogP contribution in [0.15, 0.2) is 24.4 Å². The summed E-state index contributed by atoms with van der Waals surface area (Å²) in [5.74, 6) is 0.942. The zero-order chi connectivity index (χ0) is 13.2. The van der Waals surface area contributed by atoms with E-state index in [1.54, 1.807) is 0 Å². The minimum absolute atomic E-state index is 0.0228. The van der Waals surface area contributed by atoms with Crippen LogP contribution in [0, 0.1) is 5.82 Å². The number of nitrogens with zero attached hydrogens (tertiary/aromatic N) is 2. The molecule has 98 valence electrons. The molecule has 0 saturated carbocycles. The van der Waals surface area contributed by atoms with E-state index in [1.807, 2.05) is 18.2 Å². The zero-order valence-electron chi connectivity index (χ0n) is 9.89. The van der Waals surface area contributed by atoms with E-state index in [0.717, 1.165) is 11.8 Å². The highest BCUT2D eigenvalue weighted by Gasteiger charge is 2.13. The molecule has 1 aliphatic heterocycles. The van der Waals surface area contributed by atoms with Gasteiger partial charge in [-0.3, -0.25) is 0 Å². The van der Waals surface area contributed by atoms with Gasteiger partial charge < -0.3 is 20.5 Å². The number of rotatable bonds is 3. The summed E-state index contributed by atoms with van der Waals surface area (Å²) in [6.45, 7) is 0.618. The van der Waals surface area contributed by atoms with Crippen LogP contribution in [0.25, 0.3) is 0 Å². The zero-order valence-corrected chi connectivity index (χ0v) is 9.89. The van der Waals surface area contributed by atoms with Crippen LogP contribution >= 0.6 is 0 Å². The van der Waals surface area contributed by atoms with Crippen molar-refractivity contribution in [1.82, 2.24) is 9.97 Å². The lowest BCUT2D eigenvalue weighted by Crippen LogP contribution is -2.06.